The van der Waals surface area contributed by atoms with Crippen molar-refractivity contribution in [3.63, 3.8) is 0 Å². The summed E-state index contributed by atoms with van der Waals surface area (Å²) < 4.78 is 0.583. The Hall–Kier alpha value is -0.770. The highest BCUT2D eigenvalue weighted by Gasteiger charge is 2.01. The summed E-state index contributed by atoms with van der Waals surface area (Å²) in [4.78, 5) is 0. The summed E-state index contributed by atoms with van der Waals surface area (Å²) in [5, 5.41) is 19.6. The molecule has 0 aromatic rings. The third kappa shape index (κ3) is 1.79. The standard InChI is InChI=1S/C4H10N2O2/c1-4(5(2)7)6(3)8/h7H,1-3H3/b6-4-. The molecule has 0 unspecified atom stereocenters. The van der Waals surface area contributed by atoms with E-state index in [1.54, 1.807) is 0 Å². The molecule has 0 bridgehead atoms. The minimum atomic E-state index is 0.269. The van der Waals surface area contributed by atoms with Gasteiger partial charge in [0.25, 0.3) is 5.84 Å². The van der Waals surface area contributed by atoms with Gasteiger partial charge in [-0.15, -0.1) is 5.06 Å². The zero-order valence-electron chi connectivity index (χ0n) is 5.25. The second-order valence-electron chi connectivity index (χ2n) is 1.57. The molecule has 0 atom stereocenters. The molecule has 0 saturated carbocycles. The molecule has 0 fully saturated rings. The van der Waals surface area contributed by atoms with Crippen LogP contribution >= 0.6 is 0 Å². The van der Waals surface area contributed by atoms with Crippen LogP contribution in [0.3, 0.4) is 0 Å². The van der Waals surface area contributed by atoms with Gasteiger partial charge in [0.05, 0.1) is 7.05 Å². The summed E-state index contributed by atoms with van der Waals surface area (Å²) in [7, 11) is 2.71. The molecular formula is C4H10N2O2. The van der Waals surface area contributed by atoms with Crippen molar-refractivity contribution in [2.24, 2.45) is 0 Å². The first-order valence-corrected chi connectivity index (χ1v) is 2.22. The van der Waals surface area contributed by atoms with E-state index >= 15 is 0 Å². The van der Waals surface area contributed by atoms with Gasteiger partial charge in [-0.25, -0.2) is 5.21 Å². The van der Waals surface area contributed by atoms with Crippen molar-refractivity contribution in [3.8, 4) is 0 Å². The maximum atomic E-state index is 10.3. The zero-order chi connectivity index (χ0) is 6.73. The minimum Gasteiger partial charge on any atom is -0.715 e. The maximum Gasteiger partial charge on any atom is 0.276 e. The fourth-order valence-corrected chi connectivity index (χ4v) is 0.204. The molecule has 0 heterocycles. The summed E-state index contributed by atoms with van der Waals surface area (Å²) in [5.74, 6) is 0.269. The average molecular weight is 118 g/mol. The van der Waals surface area contributed by atoms with E-state index in [2.05, 4.69) is 0 Å². The second kappa shape index (κ2) is 2.52. The van der Waals surface area contributed by atoms with Crippen molar-refractivity contribution in [1.82, 2.24) is 5.06 Å². The maximum absolute atomic E-state index is 10.3. The number of amidine groups is 1. The van der Waals surface area contributed by atoms with Crippen molar-refractivity contribution in [1.29, 1.82) is 0 Å². The molecule has 0 aromatic carbocycles. The van der Waals surface area contributed by atoms with Gasteiger partial charge in [-0.2, -0.15) is 0 Å². The van der Waals surface area contributed by atoms with Crippen LogP contribution in [0.25, 0.3) is 0 Å². The van der Waals surface area contributed by atoms with Crippen molar-refractivity contribution in [3.05, 3.63) is 5.21 Å². The van der Waals surface area contributed by atoms with E-state index in [1.165, 1.54) is 21.0 Å². The zero-order valence-corrected chi connectivity index (χ0v) is 5.25. The van der Waals surface area contributed by atoms with Gasteiger partial charge in [-0.3, -0.25) is 4.74 Å². The van der Waals surface area contributed by atoms with Gasteiger partial charge in [0.2, 0.25) is 0 Å². The van der Waals surface area contributed by atoms with E-state index in [4.69, 9.17) is 5.21 Å². The van der Waals surface area contributed by atoms with E-state index in [9.17, 15) is 5.21 Å². The number of hydrogen-bond acceptors (Lipinski definition) is 2. The molecule has 0 rings (SSSR count). The normalized spacial score (nSPS) is 13.0. The molecule has 0 aromatic heterocycles. The summed E-state index contributed by atoms with van der Waals surface area (Å²) >= 11 is 0. The Bertz CT molecular complexity index is 105. The summed E-state index contributed by atoms with van der Waals surface area (Å²) in [6.45, 7) is 1.52. The van der Waals surface area contributed by atoms with E-state index in [1.807, 2.05) is 0 Å². The molecule has 0 aliphatic rings. The first-order valence-electron chi connectivity index (χ1n) is 2.22. The van der Waals surface area contributed by atoms with Crippen LogP contribution < -0.4 is 0 Å². The number of hydrogen-bond donors (Lipinski definition) is 1. The topological polar surface area (TPSA) is 49.5 Å². The fraction of sp³-hybridized carbons (Fsp3) is 0.750. The fourth-order valence-electron chi connectivity index (χ4n) is 0.204. The minimum absolute atomic E-state index is 0.269. The molecule has 0 aliphatic heterocycles. The Labute approximate surface area is 48.2 Å². The van der Waals surface area contributed by atoms with Crippen LogP contribution in [0.15, 0.2) is 0 Å². The summed E-state index contributed by atoms with van der Waals surface area (Å²) in [5.41, 5.74) is 0. The molecule has 0 amide bonds. The van der Waals surface area contributed by atoms with Crippen LogP contribution in [-0.2, 0) is 0 Å². The lowest BCUT2D eigenvalue weighted by Crippen LogP contribution is -2.26. The van der Waals surface area contributed by atoms with E-state index in [0.717, 1.165) is 5.06 Å². The van der Waals surface area contributed by atoms with Crippen molar-refractivity contribution in [2.45, 2.75) is 6.92 Å². The van der Waals surface area contributed by atoms with Gasteiger partial charge in [-0.1, -0.05) is 0 Å². The van der Waals surface area contributed by atoms with Gasteiger partial charge in [-0.05, 0) is 0 Å². The molecule has 4 nitrogen and oxygen atoms in total. The van der Waals surface area contributed by atoms with Gasteiger partial charge >= 0.3 is 0 Å². The van der Waals surface area contributed by atoms with E-state index in [0.29, 0.717) is 4.74 Å². The predicted molar refractivity (Wildman–Crippen MR) is 29.8 cm³/mol. The summed E-state index contributed by atoms with van der Waals surface area (Å²) in [6.07, 6.45) is 0. The van der Waals surface area contributed by atoms with Gasteiger partial charge in [0, 0.05) is 6.92 Å². The Morgan fingerprint density at radius 3 is 2.12 bits per heavy atom. The van der Waals surface area contributed by atoms with Crippen molar-refractivity contribution in [2.75, 3.05) is 14.1 Å². The Kier molecular flexibility index (Phi) is 2.27. The number of hydroxylamine groups is 3. The average Bonchev–Trinajstić information content (AvgIpc) is 1.64. The molecular weight excluding hydrogens is 108 g/mol. The predicted octanol–water partition coefficient (Wildman–Crippen LogP) is -0.134. The van der Waals surface area contributed by atoms with E-state index < -0.39 is 0 Å². The second-order valence-corrected chi connectivity index (χ2v) is 1.57. The first-order chi connectivity index (χ1) is 3.55. The molecule has 48 valence electrons. The quantitative estimate of drug-likeness (QED) is 0.158. The number of nitrogens with zero attached hydrogens (tertiary/aromatic N) is 2. The smallest absolute Gasteiger partial charge is 0.276 e. The molecule has 1 N–H and O–H groups in total. The van der Waals surface area contributed by atoms with Gasteiger partial charge < -0.3 is 5.21 Å². The highest BCUT2D eigenvalue weighted by molar-refractivity contribution is 5.72. The lowest BCUT2D eigenvalue weighted by atomic mass is 10.7. The van der Waals surface area contributed by atoms with Crippen LogP contribution in [-0.4, -0.2) is 34.9 Å². The highest BCUT2D eigenvalue weighted by Crippen LogP contribution is 1.76. The monoisotopic (exact) mass is 118 g/mol. The lowest BCUT2D eigenvalue weighted by Gasteiger charge is -2.07. The van der Waals surface area contributed by atoms with E-state index in [-0.39, 0.29) is 5.84 Å². The molecule has 0 saturated heterocycles. The Morgan fingerprint density at radius 1 is 1.75 bits per heavy atom. The van der Waals surface area contributed by atoms with Crippen LogP contribution in [0.4, 0.5) is 0 Å². The molecule has 4 heteroatoms. The van der Waals surface area contributed by atoms with Gasteiger partial charge in [0.15, 0.2) is 0 Å². The molecule has 0 radical (unpaired) electrons. The first kappa shape index (κ1) is 7.23. The van der Waals surface area contributed by atoms with Crippen LogP contribution in [0, 0.1) is 5.21 Å². The van der Waals surface area contributed by atoms with Crippen LogP contribution in [0.2, 0.25) is 0 Å². The SMILES string of the molecule is C/C(N(C)O)=[N+](\C)[O-]. The van der Waals surface area contributed by atoms with Gasteiger partial charge in [0.1, 0.15) is 7.05 Å². The molecule has 0 aliphatic carbocycles. The molecule has 0 spiro atoms. The summed E-state index contributed by atoms with van der Waals surface area (Å²) in [6, 6.07) is 0. The third-order valence-corrected chi connectivity index (χ3v) is 0.924. The van der Waals surface area contributed by atoms with Crippen molar-refractivity contribution >= 4 is 5.84 Å². The van der Waals surface area contributed by atoms with Crippen LogP contribution in [0.1, 0.15) is 6.92 Å². The van der Waals surface area contributed by atoms with Crippen LogP contribution in [0.5, 0.6) is 0 Å². The third-order valence-electron chi connectivity index (χ3n) is 0.924. The molecule has 8 heavy (non-hydrogen) atoms. The number of rotatable bonds is 0. The highest BCUT2D eigenvalue weighted by atomic mass is 16.5. The van der Waals surface area contributed by atoms with Crippen molar-refractivity contribution < 1.29 is 9.95 Å². The Balaban J connectivity index is 4.00. The largest absolute Gasteiger partial charge is 0.715 e. The lowest BCUT2D eigenvalue weighted by molar-refractivity contribution is -0.434. The Morgan fingerprint density at radius 2 is 2.12 bits per heavy atom.